The predicted molar refractivity (Wildman–Crippen MR) is 55.6 cm³/mol. The number of rotatable bonds is 3. The van der Waals surface area contributed by atoms with Crippen molar-refractivity contribution in [3.8, 4) is 0 Å². The summed E-state index contributed by atoms with van der Waals surface area (Å²) in [6, 6.07) is 0. The fourth-order valence-corrected chi connectivity index (χ4v) is 2.12. The summed E-state index contributed by atoms with van der Waals surface area (Å²) in [6.07, 6.45) is 4.23. The van der Waals surface area contributed by atoms with Gasteiger partial charge in [-0.3, -0.25) is 0 Å². The molecule has 1 aliphatic rings. The van der Waals surface area contributed by atoms with Crippen LogP contribution in [0.4, 0.5) is 0 Å². The average Bonchev–Trinajstić information content (AvgIpc) is 2.31. The van der Waals surface area contributed by atoms with Crippen LogP contribution in [0, 0.1) is 5.41 Å². The summed E-state index contributed by atoms with van der Waals surface area (Å²) in [7, 11) is 0. The van der Waals surface area contributed by atoms with Crippen molar-refractivity contribution < 1.29 is 4.79 Å². The maximum Gasteiger partial charge on any atom is 0.129 e. The summed E-state index contributed by atoms with van der Waals surface area (Å²) >= 11 is 0. The van der Waals surface area contributed by atoms with Gasteiger partial charge in [0.15, 0.2) is 0 Å². The molecule has 1 heteroatoms. The Labute approximate surface area is 81.2 Å². The maximum atomic E-state index is 10.9. The van der Waals surface area contributed by atoms with Crippen LogP contribution in [0.1, 0.15) is 53.4 Å². The van der Waals surface area contributed by atoms with Crippen molar-refractivity contribution >= 4 is 5.78 Å². The van der Waals surface area contributed by atoms with Crippen molar-refractivity contribution in [2.75, 3.05) is 0 Å². The number of hydrogen-bond donors (Lipinski definition) is 0. The van der Waals surface area contributed by atoms with Crippen LogP contribution in [0.25, 0.3) is 0 Å². The Balaban J connectivity index is 2.63. The molecule has 1 aliphatic carbocycles. The van der Waals surface area contributed by atoms with E-state index in [0.29, 0.717) is 11.2 Å². The van der Waals surface area contributed by atoms with E-state index in [4.69, 9.17) is 0 Å². The topological polar surface area (TPSA) is 17.1 Å². The van der Waals surface area contributed by atoms with Gasteiger partial charge in [-0.25, -0.2) is 0 Å². The van der Waals surface area contributed by atoms with Crippen LogP contribution in [0.5, 0.6) is 0 Å². The van der Waals surface area contributed by atoms with Crippen LogP contribution in [0.3, 0.4) is 0 Å². The SMILES string of the molecule is CC(=O)CCC1(C)CCC(C)=C1C. The Morgan fingerprint density at radius 1 is 1.46 bits per heavy atom. The monoisotopic (exact) mass is 180 g/mol. The lowest BCUT2D eigenvalue weighted by atomic mass is 9.79. The van der Waals surface area contributed by atoms with Gasteiger partial charge in [-0.2, -0.15) is 0 Å². The smallest absolute Gasteiger partial charge is 0.129 e. The van der Waals surface area contributed by atoms with Crippen molar-refractivity contribution in [2.45, 2.75) is 53.4 Å². The molecule has 0 saturated heterocycles. The molecule has 0 spiro atoms. The molecule has 1 rings (SSSR count). The highest BCUT2D eigenvalue weighted by atomic mass is 16.1. The molecule has 0 saturated carbocycles. The Kier molecular flexibility index (Phi) is 2.94. The Morgan fingerprint density at radius 3 is 2.46 bits per heavy atom. The molecular weight excluding hydrogens is 160 g/mol. The number of hydrogen-bond acceptors (Lipinski definition) is 1. The van der Waals surface area contributed by atoms with E-state index in [9.17, 15) is 4.79 Å². The number of ketones is 1. The molecule has 13 heavy (non-hydrogen) atoms. The summed E-state index contributed by atoms with van der Waals surface area (Å²) in [4.78, 5) is 10.9. The van der Waals surface area contributed by atoms with E-state index in [1.165, 1.54) is 24.0 Å². The molecule has 0 amide bonds. The molecule has 0 aromatic heterocycles. The first-order valence-electron chi connectivity index (χ1n) is 5.12. The van der Waals surface area contributed by atoms with Crippen LogP contribution in [0.2, 0.25) is 0 Å². The zero-order chi connectivity index (χ0) is 10.1. The van der Waals surface area contributed by atoms with Crippen LogP contribution in [-0.2, 0) is 4.79 Å². The second kappa shape index (κ2) is 3.65. The molecule has 1 nitrogen and oxygen atoms in total. The van der Waals surface area contributed by atoms with Gasteiger partial charge in [0, 0.05) is 6.42 Å². The van der Waals surface area contributed by atoms with Gasteiger partial charge >= 0.3 is 0 Å². The second-order valence-corrected chi connectivity index (χ2v) is 4.67. The van der Waals surface area contributed by atoms with Gasteiger partial charge in [0.1, 0.15) is 5.78 Å². The summed E-state index contributed by atoms with van der Waals surface area (Å²) in [6.45, 7) is 8.42. The minimum absolute atomic E-state index is 0.315. The van der Waals surface area contributed by atoms with E-state index in [1.807, 2.05) is 0 Å². The first kappa shape index (κ1) is 10.5. The third kappa shape index (κ3) is 2.20. The highest BCUT2D eigenvalue weighted by Gasteiger charge is 2.31. The Hall–Kier alpha value is -0.590. The van der Waals surface area contributed by atoms with Gasteiger partial charge in [-0.05, 0) is 45.4 Å². The van der Waals surface area contributed by atoms with E-state index >= 15 is 0 Å². The largest absolute Gasteiger partial charge is 0.300 e. The quantitative estimate of drug-likeness (QED) is 0.607. The van der Waals surface area contributed by atoms with Crippen LogP contribution >= 0.6 is 0 Å². The van der Waals surface area contributed by atoms with Gasteiger partial charge in [-0.1, -0.05) is 18.1 Å². The molecule has 0 bridgehead atoms. The molecule has 0 fully saturated rings. The lowest BCUT2D eigenvalue weighted by Crippen LogP contribution is -2.15. The second-order valence-electron chi connectivity index (χ2n) is 4.67. The fraction of sp³-hybridized carbons (Fsp3) is 0.750. The lowest BCUT2D eigenvalue weighted by Gasteiger charge is -2.25. The minimum Gasteiger partial charge on any atom is -0.300 e. The third-order valence-corrected chi connectivity index (χ3v) is 3.63. The Bertz CT molecular complexity index is 250. The van der Waals surface area contributed by atoms with Gasteiger partial charge in [0.2, 0.25) is 0 Å². The average molecular weight is 180 g/mol. The van der Waals surface area contributed by atoms with Crippen molar-refractivity contribution in [1.82, 2.24) is 0 Å². The highest BCUT2D eigenvalue weighted by molar-refractivity contribution is 5.75. The molecule has 0 radical (unpaired) electrons. The molecule has 0 N–H and O–H groups in total. The summed E-state index contributed by atoms with van der Waals surface area (Å²) in [5.41, 5.74) is 3.37. The predicted octanol–water partition coefficient (Wildman–Crippen LogP) is 3.49. The van der Waals surface area contributed by atoms with Crippen LogP contribution in [-0.4, -0.2) is 5.78 Å². The summed E-state index contributed by atoms with van der Waals surface area (Å²) in [5.74, 6) is 0.318. The number of carbonyl (C=O) groups is 1. The summed E-state index contributed by atoms with van der Waals surface area (Å²) in [5, 5.41) is 0. The molecule has 74 valence electrons. The van der Waals surface area contributed by atoms with E-state index < -0.39 is 0 Å². The van der Waals surface area contributed by atoms with Gasteiger partial charge in [0.05, 0.1) is 0 Å². The van der Waals surface area contributed by atoms with Gasteiger partial charge in [-0.15, -0.1) is 0 Å². The van der Waals surface area contributed by atoms with E-state index in [0.717, 1.165) is 12.8 Å². The van der Waals surface area contributed by atoms with E-state index in [2.05, 4.69) is 20.8 Å². The van der Waals surface area contributed by atoms with Crippen molar-refractivity contribution in [3.05, 3.63) is 11.1 Å². The molecule has 0 heterocycles. The first-order chi connectivity index (χ1) is 5.96. The van der Waals surface area contributed by atoms with Gasteiger partial charge < -0.3 is 4.79 Å². The van der Waals surface area contributed by atoms with Crippen LogP contribution < -0.4 is 0 Å². The van der Waals surface area contributed by atoms with Crippen molar-refractivity contribution in [1.29, 1.82) is 0 Å². The van der Waals surface area contributed by atoms with E-state index in [1.54, 1.807) is 6.92 Å². The lowest BCUT2D eigenvalue weighted by molar-refractivity contribution is -0.117. The maximum absolute atomic E-state index is 10.9. The van der Waals surface area contributed by atoms with Crippen molar-refractivity contribution in [3.63, 3.8) is 0 Å². The number of allylic oxidation sites excluding steroid dienone is 2. The highest BCUT2D eigenvalue weighted by Crippen LogP contribution is 2.45. The zero-order valence-electron chi connectivity index (χ0n) is 9.24. The molecule has 0 aromatic carbocycles. The Morgan fingerprint density at radius 2 is 2.08 bits per heavy atom. The minimum atomic E-state index is 0.315. The molecule has 0 aliphatic heterocycles. The number of carbonyl (C=O) groups excluding carboxylic acids is 1. The summed E-state index contributed by atoms with van der Waals surface area (Å²) < 4.78 is 0. The number of Topliss-reactive ketones (excluding diaryl/α,β-unsaturated/α-hetero) is 1. The fourth-order valence-electron chi connectivity index (χ4n) is 2.12. The standard InChI is InChI=1S/C12H20O/c1-9-5-7-12(4,11(9)3)8-6-10(2)13/h5-8H2,1-4H3. The molecule has 1 atom stereocenters. The molecule has 1 unspecified atom stereocenters. The first-order valence-corrected chi connectivity index (χ1v) is 5.12. The molecule has 0 aromatic rings. The third-order valence-electron chi connectivity index (χ3n) is 3.63. The normalized spacial score (nSPS) is 28.3. The molecular formula is C12H20O. The zero-order valence-corrected chi connectivity index (χ0v) is 9.24. The van der Waals surface area contributed by atoms with Crippen molar-refractivity contribution in [2.24, 2.45) is 5.41 Å². The van der Waals surface area contributed by atoms with Crippen LogP contribution in [0.15, 0.2) is 11.1 Å². The van der Waals surface area contributed by atoms with Gasteiger partial charge in [0.25, 0.3) is 0 Å². The van der Waals surface area contributed by atoms with E-state index in [-0.39, 0.29) is 0 Å².